The Morgan fingerprint density at radius 2 is 1.88 bits per heavy atom. The molecule has 0 aliphatic carbocycles. The molecule has 0 radical (unpaired) electrons. The van der Waals surface area contributed by atoms with Crippen LogP contribution in [0.4, 0.5) is 0 Å². The summed E-state index contributed by atoms with van der Waals surface area (Å²) in [6.07, 6.45) is 2.50. The maximum absolute atomic E-state index is 12.6. The van der Waals surface area contributed by atoms with Crippen LogP contribution in [0, 0.1) is 0 Å². The number of nitrogens with one attached hydrogen (secondary N) is 2. The summed E-state index contributed by atoms with van der Waals surface area (Å²) in [5.41, 5.74) is 1.47. The van der Waals surface area contributed by atoms with E-state index in [9.17, 15) is 8.42 Å². The molecular weight excluding hydrogens is 344 g/mol. The number of hydrogen-bond acceptors (Lipinski definition) is 2. The number of benzene rings is 2. The highest BCUT2D eigenvalue weighted by Gasteiger charge is 2.27. The number of aromatic nitrogens is 1. The van der Waals surface area contributed by atoms with Crippen molar-refractivity contribution in [2.75, 3.05) is 0 Å². The van der Waals surface area contributed by atoms with Crippen molar-refractivity contribution in [1.82, 2.24) is 9.71 Å². The molecular formula is C18H19ClN2O2S. The second-order valence-electron chi connectivity index (χ2n) is 6.48. The van der Waals surface area contributed by atoms with Gasteiger partial charge in [0.25, 0.3) is 0 Å². The van der Waals surface area contributed by atoms with Crippen LogP contribution in [0.25, 0.3) is 10.9 Å². The lowest BCUT2D eigenvalue weighted by Crippen LogP contribution is -2.44. The standard InChI is InChI=1S/C18H19ClN2O2S/c1-18(2,11-13-12-20-17-9-4-3-8-16(13)17)21-24(22,23)15-7-5-6-14(19)10-15/h3-10,12,20-21H,11H2,1-2H3. The molecule has 0 aliphatic heterocycles. The number of fused-ring (bicyclic) bond motifs is 1. The Hall–Kier alpha value is -1.82. The monoisotopic (exact) mass is 362 g/mol. The molecule has 1 heterocycles. The van der Waals surface area contributed by atoms with Crippen LogP contribution in [0.3, 0.4) is 0 Å². The molecule has 0 atom stereocenters. The highest BCUT2D eigenvalue weighted by atomic mass is 35.5. The van der Waals surface area contributed by atoms with Crippen molar-refractivity contribution in [2.24, 2.45) is 0 Å². The average Bonchev–Trinajstić information content (AvgIpc) is 2.89. The summed E-state index contributed by atoms with van der Waals surface area (Å²) in [5.74, 6) is 0. The van der Waals surface area contributed by atoms with Gasteiger partial charge in [0.2, 0.25) is 10.0 Å². The van der Waals surface area contributed by atoms with Crippen molar-refractivity contribution >= 4 is 32.5 Å². The Balaban J connectivity index is 1.85. The molecule has 1 aromatic heterocycles. The van der Waals surface area contributed by atoms with Gasteiger partial charge in [0, 0.05) is 27.7 Å². The van der Waals surface area contributed by atoms with Gasteiger partial charge in [0.15, 0.2) is 0 Å². The van der Waals surface area contributed by atoms with Gasteiger partial charge < -0.3 is 4.98 Å². The predicted molar refractivity (Wildman–Crippen MR) is 97.9 cm³/mol. The van der Waals surface area contributed by atoms with E-state index in [-0.39, 0.29) is 4.90 Å². The fourth-order valence-electron chi connectivity index (χ4n) is 2.85. The highest BCUT2D eigenvalue weighted by molar-refractivity contribution is 7.89. The summed E-state index contributed by atoms with van der Waals surface area (Å²) in [6.45, 7) is 3.74. The molecule has 0 amide bonds. The molecule has 0 unspecified atom stereocenters. The van der Waals surface area contributed by atoms with E-state index in [1.54, 1.807) is 12.1 Å². The average molecular weight is 363 g/mol. The number of hydrogen-bond donors (Lipinski definition) is 2. The van der Waals surface area contributed by atoms with Crippen LogP contribution >= 0.6 is 11.6 Å². The lowest BCUT2D eigenvalue weighted by Gasteiger charge is -2.26. The van der Waals surface area contributed by atoms with E-state index in [1.807, 2.05) is 44.3 Å². The zero-order chi connectivity index (χ0) is 17.4. The molecule has 3 aromatic rings. The fourth-order valence-corrected chi connectivity index (χ4v) is 4.56. The van der Waals surface area contributed by atoms with Gasteiger partial charge in [-0.2, -0.15) is 0 Å². The lowest BCUT2D eigenvalue weighted by atomic mass is 9.96. The maximum Gasteiger partial charge on any atom is 0.241 e. The summed E-state index contributed by atoms with van der Waals surface area (Å²) in [5, 5.41) is 1.50. The molecule has 3 rings (SSSR count). The molecule has 0 aliphatic rings. The Morgan fingerprint density at radius 3 is 2.62 bits per heavy atom. The van der Waals surface area contributed by atoms with Crippen LogP contribution in [0.2, 0.25) is 5.02 Å². The Bertz CT molecular complexity index is 977. The predicted octanol–water partition coefficient (Wildman–Crippen LogP) is 4.12. The molecule has 0 bridgehead atoms. The SMILES string of the molecule is CC(C)(Cc1c[nH]c2ccccc12)NS(=O)(=O)c1cccc(Cl)c1. The minimum atomic E-state index is -3.64. The lowest BCUT2D eigenvalue weighted by molar-refractivity contribution is 0.451. The van der Waals surface area contributed by atoms with Crippen molar-refractivity contribution < 1.29 is 8.42 Å². The molecule has 4 nitrogen and oxygen atoms in total. The van der Waals surface area contributed by atoms with Crippen molar-refractivity contribution in [3.05, 3.63) is 65.3 Å². The molecule has 24 heavy (non-hydrogen) atoms. The first kappa shape index (κ1) is 17.0. The first-order chi connectivity index (χ1) is 11.3. The summed E-state index contributed by atoms with van der Waals surface area (Å²) < 4.78 is 28.0. The van der Waals surface area contributed by atoms with E-state index in [4.69, 9.17) is 11.6 Å². The van der Waals surface area contributed by atoms with Crippen molar-refractivity contribution in [3.63, 3.8) is 0 Å². The second-order valence-corrected chi connectivity index (χ2v) is 8.60. The minimum Gasteiger partial charge on any atom is -0.361 e. The van der Waals surface area contributed by atoms with Gasteiger partial charge in [0.1, 0.15) is 0 Å². The smallest absolute Gasteiger partial charge is 0.241 e. The van der Waals surface area contributed by atoms with Gasteiger partial charge in [-0.3, -0.25) is 0 Å². The number of H-pyrrole nitrogens is 1. The van der Waals surface area contributed by atoms with Gasteiger partial charge >= 0.3 is 0 Å². The first-order valence-corrected chi connectivity index (χ1v) is 9.47. The molecule has 0 fully saturated rings. The molecule has 2 N–H and O–H groups in total. The zero-order valence-electron chi connectivity index (χ0n) is 13.5. The van der Waals surface area contributed by atoms with Gasteiger partial charge in [-0.1, -0.05) is 35.9 Å². The van der Waals surface area contributed by atoms with Crippen LogP contribution in [-0.4, -0.2) is 18.9 Å². The van der Waals surface area contributed by atoms with E-state index in [1.165, 1.54) is 12.1 Å². The van der Waals surface area contributed by atoms with Gasteiger partial charge in [-0.05, 0) is 50.1 Å². The van der Waals surface area contributed by atoms with Crippen LogP contribution in [-0.2, 0) is 16.4 Å². The number of aromatic amines is 1. The Morgan fingerprint density at radius 1 is 1.12 bits per heavy atom. The van der Waals surface area contributed by atoms with Crippen LogP contribution in [0.1, 0.15) is 19.4 Å². The number of halogens is 1. The van der Waals surface area contributed by atoms with E-state index in [0.29, 0.717) is 11.4 Å². The maximum atomic E-state index is 12.6. The zero-order valence-corrected chi connectivity index (χ0v) is 15.1. The van der Waals surface area contributed by atoms with Crippen molar-refractivity contribution in [1.29, 1.82) is 0 Å². The molecule has 0 spiro atoms. The molecule has 6 heteroatoms. The van der Waals surface area contributed by atoms with Gasteiger partial charge in [-0.25, -0.2) is 13.1 Å². The molecule has 126 valence electrons. The molecule has 0 saturated heterocycles. The fraction of sp³-hybridized carbons (Fsp3) is 0.222. The Labute approximate surface area is 146 Å². The number of para-hydroxylation sites is 1. The van der Waals surface area contributed by atoms with E-state index in [0.717, 1.165) is 16.5 Å². The molecule has 2 aromatic carbocycles. The van der Waals surface area contributed by atoms with Crippen LogP contribution in [0.15, 0.2) is 59.6 Å². The summed E-state index contributed by atoms with van der Waals surface area (Å²) in [4.78, 5) is 3.39. The van der Waals surface area contributed by atoms with E-state index >= 15 is 0 Å². The highest BCUT2D eigenvalue weighted by Crippen LogP contribution is 2.24. The Kier molecular flexibility index (Phi) is 4.42. The van der Waals surface area contributed by atoms with Crippen molar-refractivity contribution in [2.45, 2.75) is 30.7 Å². The van der Waals surface area contributed by atoms with Crippen molar-refractivity contribution in [3.8, 4) is 0 Å². The normalized spacial score (nSPS) is 12.6. The minimum absolute atomic E-state index is 0.169. The first-order valence-electron chi connectivity index (χ1n) is 7.61. The third-order valence-electron chi connectivity index (χ3n) is 3.82. The van der Waals surface area contributed by atoms with Crippen LogP contribution < -0.4 is 4.72 Å². The quantitative estimate of drug-likeness (QED) is 0.717. The summed E-state index contributed by atoms with van der Waals surface area (Å²) in [7, 11) is -3.64. The van der Waals surface area contributed by atoms with Gasteiger partial charge in [0.05, 0.1) is 4.90 Å². The number of sulfonamides is 1. The molecule has 0 saturated carbocycles. The summed E-state index contributed by atoms with van der Waals surface area (Å²) >= 11 is 5.91. The van der Waals surface area contributed by atoms with E-state index in [2.05, 4.69) is 9.71 Å². The third kappa shape index (κ3) is 3.64. The van der Waals surface area contributed by atoms with Gasteiger partial charge in [-0.15, -0.1) is 0 Å². The topological polar surface area (TPSA) is 62.0 Å². The van der Waals surface area contributed by atoms with Crippen LogP contribution in [0.5, 0.6) is 0 Å². The van der Waals surface area contributed by atoms with E-state index < -0.39 is 15.6 Å². The summed E-state index contributed by atoms with van der Waals surface area (Å²) in [6, 6.07) is 14.2. The second kappa shape index (κ2) is 6.24. The third-order valence-corrected chi connectivity index (χ3v) is 5.76. The number of rotatable bonds is 5. The largest absolute Gasteiger partial charge is 0.361 e.